The number of nitrogens with one attached hydrogen (secondary N) is 2. The fourth-order valence-corrected chi connectivity index (χ4v) is 4.53. The molecule has 0 aliphatic carbocycles. The van der Waals surface area contributed by atoms with Crippen molar-refractivity contribution in [3.8, 4) is 0 Å². The van der Waals surface area contributed by atoms with Gasteiger partial charge in [-0.05, 0) is 36.6 Å². The van der Waals surface area contributed by atoms with Gasteiger partial charge in [-0.3, -0.25) is 5.41 Å². The summed E-state index contributed by atoms with van der Waals surface area (Å²) < 4.78 is 81.0. The molecule has 1 aromatic heterocycles. The van der Waals surface area contributed by atoms with Gasteiger partial charge in [0.05, 0.1) is 46.9 Å². The Morgan fingerprint density at radius 2 is 1.77 bits per heavy atom. The average Bonchev–Trinajstić information content (AvgIpc) is 3.33. The SMILES string of the molecule is CCC1CC(N(Cc2cc(C(F)(F)F)cc(C(F)(F)F)c2)c2ncc(NCCO)cn2)CN1C(=N)C(Cl)=CN. The molecular weight excluding hydrogens is 552 g/mol. The Labute approximate surface area is 226 Å². The second-order valence-electron chi connectivity index (χ2n) is 8.93. The average molecular weight is 580 g/mol. The lowest BCUT2D eigenvalue weighted by atomic mass is 10.0. The molecule has 0 radical (unpaired) electrons. The van der Waals surface area contributed by atoms with Gasteiger partial charge in [-0.25, -0.2) is 9.97 Å². The molecule has 0 spiro atoms. The van der Waals surface area contributed by atoms with Crippen LogP contribution in [0.4, 0.5) is 38.0 Å². The van der Waals surface area contributed by atoms with Crippen molar-refractivity contribution in [1.82, 2.24) is 14.9 Å². The minimum atomic E-state index is -4.99. The van der Waals surface area contributed by atoms with Gasteiger partial charge in [0.2, 0.25) is 5.95 Å². The summed E-state index contributed by atoms with van der Waals surface area (Å²) in [6.07, 6.45) is -5.11. The molecule has 39 heavy (non-hydrogen) atoms. The first-order valence-corrected chi connectivity index (χ1v) is 12.3. The molecule has 5 N–H and O–H groups in total. The molecule has 2 unspecified atom stereocenters. The van der Waals surface area contributed by atoms with Crippen molar-refractivity contribution in [2.45, 2.75) is 50.7 Å². The Hall–Kier alpha value is -3.26. The normalized spacial score (nSPS) is 18.4. The summed E-state index contributed by atoms with van der Waals surface area (Å²) in [7, 11) is 0. The highest BCUT2D eigenvalue weighted by Gasteiger charge is 2.39. The first-order valence-electron chi connectivity index (χ1n) is 11.9. The number of benzene rings is 1. The Bertz CT molecular complexity index is 1140. The molecule has 1 aliphatic heterocycles. The van der Waals surface area contributed by atoms with Crippen molar-refractivity contribution in [1.29, 1.82) is 5.41 Å². The van der Waals surface area contributed by atoms with E-state index < -0.39 is 29.5 Å². The van der Waals surface area contributed by atoms with E-state index in [2.05, 4.69) is 15.3 Å². The number of rotatable bonds is 9. The maximum Gasteiger partial charge on any atom is 0.416 e. The van der Waals surface area contributed by atoms with Crippen LogP contribution in [-0.2, 0) is 18.9 Å². The number of aliphatic hydroxyl groups excluding tert-OH is 1. The van der Waals surface area contributed by atoms with Gasteiger partial charge >= 0.3 is 12.4 Å². The number of aliphatic hydroxyl groups is 1. The van der Waals surface area contributed by atoms with E-state index in [4.69, 9.17) is 27.9 Å². The third kappa shape index (κ3) is 7.44. The van der Waals surface area contributed by atoms with Gasteiger partial charge in [-0.1, -0.05) is 18.5 Å². The van der Waals surface area contributed by atoms with E-state index in [1.807, 2.05) is 6.92 Å². The monoisotopic (exact) mass is 579 g/mol. The van der Waals surface area contributed by atoms with Crippen LogP contribution in [0.5, 0.6) is 0 Å². The van der Waals surface area contributed by atoms with E-state index in [1.165, 1.54) is 17.3 Å². The summed E-state index contributed by atoms with van der Waals surface area (Å²) in [6.45, 7) is 1.79. The van der Waals surface area contributed by atoms with Crippen molar-refractivity contribution in [3.05, 3.63) is 58.5 Å². The largest absolute Gasteiger partial charge is 0.416 e. The molecule has 1 saturated heterocycles. The zero-order valence-electron chi connectivity index (χ0n) is 20.8. The Morgan fingerprint density at radius 1 is 1.18 bits per heavy atom. The summed E-state index contributed by atoms with van der Waals surface area (Å²) in [5.74, 6) is 0.0283. The summed E-state index contributed by atoms with van der Waals surface area (Å²) in [5.41, 5.74) is 2.86. The number of aromatic nitrogens is 2. The molecule has 1 fully saturated rings. The number of nitrogens with zero attached hydrogens (tertiary/aromatic N) is 4. The van der Waals surface area contributed by atoms with Crippen molar-refractivity contribution < 1.29 is 31.4 Å². The van der Waals surface area contributed by atoms with E-state index in [9.17, 15) is 26.3 Å². The highest BCUT2D eigenvalue weighted by atomic mass is 35.5. The number of alkyl halides is 6. The molecule has 2 aromatic rings. The van der Waals surface area contributed by atoms with Crippen LogP contribution in [0, 0.1) is 5.41 Å². The first-order chi connectivity index (χ1) is 18.3. The van der Waals surface area contributed by atoms with E-state index >= 15 is 0 Å². The molecule has 0 amide bonds. The van der Waals surface area contributed by atoms with Crippen LogP contribution in [-0.4, -0.2) is 57.6 Å². The van der Waals surface area contributed by atoms with Crippen molar-refractivity contribution in [2.24, 2.45) is 5.73 Å². The zero-order chi connectivity index (χ0) is 29.0. The maximum absolute atomic E-state index is 13.5. The van der Waals surface area contributed by atoms with Crippen molar-refractivity contribution in [3.63, 3.8) is 0 Å². The first kappa shape index (κ1) is 30.3. The van der Waals surface area contributed by atoms with E-state index in [0.717, 1.165) is 6.20 Å². The topological polar surface area (TPSA) is 114 Å². The predicted octanol–water partition coefficient (Wildman–Crippen LogP) is 4.79. The smallest absolute Gasteiger partial charge is 0.403 e. The molecule has 2 atom stereocenters. The van der Waals surface area contributed by atoms with Crippen molar-refractivity contribution in [2.75, 3.05) is 29.9 Å². The van der Waals surface area contributed by atoms with Crippen LogP contribution in [0.15, 0.2) is 41.8 Å². The molecule has 1 aliphatic rings. The zero-order valence-corrected chi connectivity index (χ0v) is 21.6. The Kier molecular flexibility index (Phi) is 9.54. The number of halogens is 7. The lowest BCUT2D eigenvalue weighted by molar-refractivity contribution is -0.143. The molecule has 1 aromatic carbocycles. The quantitative estimate of drug-likeness (QED) is 0.192. The molecule has 3 rings (SSSR count). The van der Waals surface area contributed by atoms with Gasteiger partial charge in [0, 0.05) is 31.9 Å². The van der Waals surface area contributed by atoms with Gasteiger partial charge in [0.15, 0.2) is 0 Å². The van der Waals surface area contributed by atoms with Gasteiger partial charge in [-0.15, -0.1) is 0 Å². The number of nitrogens with two attached hydrogens (primary N) is 1. The fourth-order valence-electron chi connectivity index (χ4n) is 4.43. The third-order valence-electron chi connectivity index (χ3n) is 6.30. The number of hydrogen-bond donors (Lipinski definition) is 4. The summed E-state index contributed by atoms with van der Waals surface area (Å²) in [4.78, 5) is 11.8. The fraction of sp³-hybridized carbons (Fsp3) is 0.458. The summed E-state index contributed by atoms with van der Waals surface area (Å²) in [6, 6.07) is 0.756. The van der Waals surface area contributed by atoms with Gasteiger partial charge in [0.1, 0.15) is 5.84 Å². The van der Waals surface area contributed by atoms with Crippen molar-refractivity contribution >= 4 is 29.1 Å². The number of hydrogen-bond acceptors (Lipinski definition) is 7. The van der Waals surface area contributed by atoms with Gasteiger partial charge < -0.3 is 26.0 Å². The van der Waals surface area contributed by atoms with E-state index in [0.29, 0.717) is 30.7 Å². The molecule has 214 valence electrons. The number of amidine groups is 1. The van der Waals surface area contributed by atoms with Crippen LogP contribution in [0.25, 0.3) is 0 Å². The lowest BCUT2D eigenvalue weighted by Gasteiger charge is -2.30. The van der Waals surface area contributed by atoms with Crippen LogP contribution >= 0.6 is 11.6 Å². The standard InChI is InChI=1S/C24H28ClF6N7O/c1-2-18-8-19(13-37(18)21(33)20(25)9-32)38(22-35-10-17(11-36-22)34-3-4-39)12-14-5-15(23(26,27)28)7-16(6-14)24(29,30)31/h5-7,9-11,18-19,33-34,39H,2-4,8,12-13,32H2,1H3. The molecule has 8 nitrogen and oxygen atoms in total. The summed E-state index contributed by atoms with van der Waals surface area (Å²) in [5, 5.41) is 20.3. The van der Waals surface area contributed by atoms with E-state index in [-0.39, 0.29) is 60.7 Å². The highest BCUT2D eigenvalue weighted by Crippen LogP contribution is 2.37. The molecule has 15 heteroatoms. The maximum atomic E-state index is 13.5. The van der Waals surface area contributed by atoms with Gasteiger partial charge in [0.25, 0.3) is 0 Å². The van der Waals surface area contributed by atoms with Crippen LogP contribution in [0.2, 0.25) is 0 Å². The minimum absolute atomic E-state index is 0.00362. The number of anilines is 2. The van der Waals surface area contributed by atoms with Crippen LogP contribution in [0.3, 0.4) is 0 Å². The summed E-state index contributed by atoms with van der Waals surface area (Å²) >= 11 is 6.07. The predicted molar refractivity (Wildman–Crippen MR) is 135 cm³/mol. The van der Waals surface area contributed by atoms with Crippen LogP contribution < -0.4 is 16.0 Å². The van der Waals surface area contributed by atoms with Gasteiger partial charge in [-0.2, -0.15) is 26.3 Å². The minimum Gasteiger partial charge on any atom is -0.403 e. The second kappa shape index (κ2) is 12.3. The van der Waals surface area contributed by atoms with E-state index in [1.54, 1.807) is 4.90 Å². The Balaban J connectivity index is 2.04. The third-order valence-corrected chi connectivity index (χ3v) is 6.61. The second-order valence-corrected chi connectivity index (χ2v) is 9.34. The van der Waals surface area contributed by atoms with Crippen LogP contribution in [0.1, 0.15) is 36.5 Å². The molecule has 0 saturated carbocycles. The number of likely N-dealkylation sites (tertiary alicyclic amines) is 1. The molecular formula is C24H28ClF6N7O. The molecule has 0 bridgehead atoms. The molecule has 2 heterocycles. The highest BCUT2D eigenvalue weighted by molar-refractivity contribution is 6.42. The Morgan fingerprint density at radius 3 is 2.26 bits per heavy atom. The lowest BCUT2D eigenvalue weighted by Crippen LogP contribution is -2.40.